The van der Waals surface area contributed by atoms with Crippen molar-refractivity contribution in [3.63, 3.8) is 0 Å². The molecule has 0 unspecified atom stereocenters. The van der Waals surface area contributed by atoms with Crippen LogP contribution in [0, 0.1) is 13.8 Å². The Morgan fingerprint density at radius 2 is 0.757 bits per heavy atom. The molecule has 9 rings (SSSR count). The third-order valence-corrected chi connectivity index (χ3v) is 18.0. The highest BCUT2D eigenvalue weighted by Gasteiger charge is 2.13. The quantitative estimate of drug-likeness (QED) is 0.0408. The lowest BCUT2D eigenvalue weighted by atomic mass is 9.90. The van der Waals surface area contributed by atoms with Gasteiger partial charge >= 0.3 is 23.9 Å². The monoisotopic (exact) mass is 1470 g/mol. The van der Waals surface area contributed by atoms with Gasteiger partial charge in [-0.05, 0) is 189 Å². The van der Waals surface area contributed by atoms with Crippen molar-refractivity contribution in [2.75, 3.05) is 26.8 Å². The van der Waals surface area contributed by atoms with Crippen molar-refractivity contribution in [1.29, 1.82) is 0 Å². The number of nitrogens with zero attached hydrogens (tertiary/aromatic N) is 1. The SMILES string of the molecule is CC(=O)OCc1ccc(C(C)C)cc1.CC(C)c1cccc(CCOC(=O)Cc2ccccc2)c1.CC(C)c1cccc(COC(=O)Cc2ccccc2)c1.CC(C)c1cccc(Cl)c1.CCOC(=O)CN(C)Cc1cccc(C(C)C)c1.CCc1cccc(CC)c1C(C)C.Cc1cccc(C)c1C(C)C. The molecule has 10 heteroatoms. The van der Waals surface area contributed by atoms with Crippen LogP contribution in [-0.2, 0) is 90.0 Å². The van der Waals surface area contributed by atoms with Crippen LogP contribution in [0.4, 0.5) is 0 Å². The average molecular weight is 1470 g/mol. The summed E-state index contributed by atoms with van der Waals surface area (Å²) in [6.07, 6.45) is 3.74. The van der Waals surface area contributed by atoms with Crippen LogP contribution in [0.25, 0.3) is 0 Å². The van der Waals surface area contributed by atoms with Crippen molar-refractivity contribution in [2.45, 2.75) is 232 Å². The van der Waals surface area contributed by atoms with E-state index in [1.807, 2.05) is 122 Å². The van der Waals surface area contributed by atoms with Crippen molar-refractivity contribution >= 4 is 35.5 Å². The van der Waals surface area contributed by atoms with Gasteiger partial charge in [-0.15, -0.1) is 0 Å². The summed E-state index contributed by atoms with van der Waals surface area (Å²) in [5.74, 6) is 3.19. The predicted octanol–water partition coefficient (Wildman–Crippen LogP) is 24.7. The number of esters is 4. The van der Waals surface area contributed by atoms with Crippen LogP contribution in [-0.4, -0.2) is 55.6 Å². The molecular formula is C97H128ClNO8. The zero-order valence-corrected chi connectivity index (χ0v) is 69.5. The Morgan fingerprint density at radius 3 is 1.18 bits per heavy atom. The van der Waals surface area contributed by atoms with Gasteiger partial charge in [0.25, 0.3) is 0 Å². The molecule has 0 radical (unpaired) electrons. The van der Waals surface area contributed by atoms with Gasteiger partial charge in [0.15, 0.2) is 0 Å². The summed E-state index contributed by atoms with van der Waals surface area (Å²) < 4.78 is 20.5. The number of carbonyl (C=O) groups excluding carboxylic acids is 4. The number of rotatable bonds is 25. The van der Waals surface area contributed by atoms with Crippen LogP contribution >= 0.6 is 11.6 Å². The summed E-state index contributed by atoms with van der Waals surface area (Å²) in [6, 6.07) is 73.8. The second kappa shape index (κ2) is 51.4. The Hall–Kier alpha value is -8.89. The number of halogens is 1. The second-order valence-electron chi connectivity index (χ2n) is 29.3. The first-order valence-corrected chi connectivity index (χ1v) is 39.0. The number of hydrogen-bond donors (Lipinski definition) is 0. The minimum Gasteiger partial charge on any atom is -0.465 e. The predicted molar refractivity (Wildman–Crippen MR) is 450 cm³/mol. The lowest BCUT2D eigenvalue weighted by molar-refractivity contribution is -0.145. The third-order valence-electron chi connectivity index (χ3n) is 17.8. The molecule has 0 spiro atoms. The number of aryl methyl sites for hydroxylation is 4. The Balaban J connectivity index is 0.000000329. The van der Waals surface area contributed by atoms with Crippen molar-refractivity contribution in [2.24, 2.45) is 0 Å². The molecule has 0 saturated carbocycles. The maximum absolute atomic E-state index is 11.8. The highest BCUT2D eigenvalue weighted by Crippen LogP contribution is 2.27. The summed E-state index contributed by atoms with van der Waals surface area (Å²) >= 11 is 5.79. The van der Waals surface area contributed by atoms with Gasteiger partial charge in [-0.2, -0.15) is 0 Å². The second-order valence-corrected chi connectivity index (χ2v) is 29.8. The minimum atomic E-state index is -0.238. The fourth-order valence-corrected chi connectivity index (χ4v) is 12.1. The van der Waals surface area contributed by atoms with Crippen LogP contribution < -0.4 is 0 Å². The summed E-state index contributed by atoms with van der Waals surface area (Å²) in [5, 5.41) is 0.825. The number of carbonyl (C=O) groups is 4. The maximum Gasteiger partial charge on any atom is 0.320 e. The normalized spacial score (nSPS) is 10.6. The molecule has 0 fully saturated rings. The zero-order valence-electron chi connectivity index (χ0n) is 68.7. The largest absolute Gasteiger partial charge is 0.465 e. The van der Waals surface area contributed by atoms with E-state index in [1.165, 1.54) is 73.7 Å². The van der Waals surface area contributed by atoms with E-state index in [-0.39, 0.29) is 23.9 Å². The molecule has 0 atom stereocenters. The molecule has 0 N–H and O–H groups in total. The molecule has 0 saturated heterocycles. The maximum atomic E-state index is 11.8. The molecule has 576 valence electrons. The molecule has 9 aromatic carbocycles. The highest BCUT2D eigenvalue weighted by molar-refractivity contribution is 6.30. The van der Waals surface area contributed by atoms with E-state index in [4.69, 9.17) is 30.5 Å². The molecule has 0 aliphatic rings. The molecule has 0 aliphatic carbocycles. The van der Waals surface area contributed by atoms with Gasteiger partial charge in [0.1, 0.15) is 13.2 Å². The Bertz CT molecular complexity index is 3940. The third kappa shape index (κ3) is 38.0. The summed E-state index contributed by atoms with van der Waals surface area (Å²) in [7, 11) is 1.93. The first kappa shape index (κ1) is 92.3. The molecule has 9 nitrogen and oxygen atoms in total. The Labute approximate surface area is 651 Å². The Morgan fingerprint density at radius 1 is 0.364 bits per heavy atom. The van der Waals surface area contributed by atoms with Crippen molar-refractivity contribution in [3.05, 3.63) is 318 Å². The van der Waals surface area contributed by atoms with Crippen LogP contribution in [0.2, 0.25) is 5.02 Å². The van der Waals surface area contributed by atoms with Crippen molar-refractivity contribution in [3.8, 4) is 0 Å². The number of ether oxygens (including phenoxy) is 4. The van der Waals surface area contributed by atoms with Gasteiger partial charge in [-0.1, -0.05) is 329 Å². The molecule has 107 heavy (non-hydrogen) atoms. The average Bonchev–Trinajstić information content (AvgIpc) is 0.836. The minimum absolute atomic E-state index is 0.166. The first-order valence-electron chi connectivity index (χ1n) is 38.6. The van der Waals surface area contributed by atoms with Gasteiger partial charge in [0, 0.05) is 24.9 Å². The Kier molecular flexibility index (Phi) is 44.3. The fourth-order valence-electron chi connectivity index (χ4n) is 11.9. The molecule has 0 bridgehead atoms. The van der Waals surface area contributed by atoms with E-state index >= 15 is 0 Å². The fraction of sp³-hybridized carbons (Fsp3) is 0.402. The van der Waals surface area contributed by atoms with E-state index in [2.05, 4.69) is 240 Å². The van der Waals surface area contributed by atoms with Gasteiger partial charge in [-0.3, -0.25) is 24.1 Å². The lowest BCUT2D eigenvalue weighted by Gasteiger charge is -2.16. The topological polar surface area (TPSA) is 108 Å². The van der Waals surface area contributed by atoms with Crippen molar-refractivity contribution < 1.29 is 38.1 Å². The summed E-state index contributed by atoms with van der Waals surface area (Å²) in [6.45, 7) is 45.5. The first-order chi connectivity index (χ1) is 50.9. The molecule has 0 heterocycles. The van der Waals surface area contributed by atoms with Gasteiger partial charge in [-0.25, -0.2) is 0 Å². The van der Waals surface area contributed by atoms with Crippen LogP contribution in [0.15, 0.2) is 218 Å². The zero-order chi connectivity index (χ0) is 79.4. The highest BCUT2D eigenvalue weighted by atomic mass is 35.5. The molecule has 9 aromatic rings. The number of hydrogen-bond acceptors (Lipinski definition) is 9. The van der Waals surface area contributed by atoms with Crippen LogP contribution in [0.5, 0.6) is 0 Å². The van der Waals surface area contributed by atoms with Gasteiger partial charge < -0.3 is 18.9 Å². The number of benzene rings is 9. The lowest BCUT2D eigenvalue weighted by Crippen LogP contribution is -2.27. The van der Waals surface area contributed by atoms with Crippen molar-refractivity contribution in [1.82, 2.24) is 4.90 Å². The molecular weight excluding hydrogens is 1340 g/mol. The standard InChI is InChI=1S/C19H22O2.C18H20O2.C15H23NO2.C13H20.C12H16O2.C11H16.C9H11Cl/c1-15(2)18-10-6-9-17(13-18)11-12-21-19(20)14-16-7-4-3-5-8-16;1-14(2)17-10-6-9-16(11-17)13-20-18(19)12-15-7-4-3-5-8-15;1-5-18-15(17)11-16(4)10-13-7-6-8-14(9-13)12(2)3;1-5-11-8-7-9-12(6-2)13(11)10(3)4;1-9(2)12-6-4-11(5-7-12)8-14-10(3)13;1-8(2)11-9(3)6-5-7-10(11)4;1-7(2)8-4-3-5-9(10)6-8/h3-10,13,15H,11-12,14H2,1-2H3;3-11,14H,12-13H2,1-2H3;6-9,12H,5,10-11H2,1-4H3;7-10H,5-6H2,1-4H3;4-7,9H,8H2,1-3H3;5-8H,1-4H3;3-7H,1-2H3. The number of likely N-dealkylation sites (N-methyl/N-ethyl adjacent to an activating group) is 1. The van der Waals surface area contributed by atoms with E-state index in [0.717, 1.165) is 53.1 Å². The summed E-state index contributed by atoms with van der Waals surface area (Å²) in [4.78, 5) is 47.4. The molecule has 0 aliphatic heterocycles. The van der Waals surface area contributed by atoms with Gasteiger partial charge in [0.2, 0.25) is 0 Å². The van der Waals surface area contributed by atoms with E-state index in [9.17, 15) is 19.2 Å². The molecule has 0 amide bonds. The summed E-state index contributed by atoms with van der Waals surface area (Å²) in [5.41, 5.74) is 22.0. The smallest absolute Gasteiger partial charge is 0.320 e. The van der Waals surface area contributed by atoms with Gasteiger partial charge in [0.05, 0.1) is 32.6 Å². The van der Waals surface area contributed by atoms with Crippen LogP contribution in [0.3, 0.4) is 0 Å². The van der Waals surface area contributed by atoms with E-state index in [1.54, 1.807) is 5.56 Å². The molecule has 0 aromatic heterocycles. The van der Waals surface area contributed by atoms with E-state index < -0.39 is 0 Å². The van der Waals surface area contributed by atoms with Crippen LogP contribution in [0.1, 0.15) is 261 Å². The van der Waals surface area contributed by atoms with E-state index in [0.29, 0.717) is 87.2 Å².